The highest BCUT2D eigenvalue weighted by Gasteiger charge is 2.31. The summed E-state index contributed by atoms with van der Waals surface area (Å²) < 4.78 is 32.6. The molecule has 3 aromatic rings. The Labute approximate surface area is 169 Å². The topological polar surface area (TPSA) is 75.7 Å². The molecule has 0 bridgehead atoms. The van der Waals surface area contributed by atoms with E-state index in [0.717, 1.165) is 5.56 Å². The highest BCUT2D eigenvalue weighted by atomic mass is 32.2. The van der Waals surface area contributed by atoms with Crippen molar-refractivity contribution >= 4 is 27.3 Å². The molecule has 4 rings (SSSR count). The van der Waals surface area contributed by atoms with Crippen LogP contribution < -0.4 is 14.4 Å². The van der Waals surface area contributed by atoms with E-state index >= 15 is 0 Å². The Balaban J connectivity index is 1.60. The smallest absolute Gasteiger partial charge is 0.264 e. The number of amides is 1. The van der Waals surface area contributed by atoms with Crippen molar-refractivity contribution in [3.8, 4) is 5.75 Å². The lowest BCUT2D eigenvalue weighted by molar-refractivity contribution is 0.102. The second kappa shape index (κ2) is 7.60. The number of para-hydroxylation sites is 2. The van der Waals surface area contributed by atoms with E-state index in [-0.39, 0.29) is 10.8 Å². The second-order valence-electron chi connectivity index (χ2n) is 6.64. The van der Waals surface area contributed by atoms with Gasteiger partial charge >= 0.3 is 0 Å². The van der Waals surface area contributed by atoms with Gasteiger partial charge in [-0.25, -0.2) is 8.42 Å². The first-order valence-electron chi connectivity index (χ1n) is 9.16. The highest BCUT2D eigenvalue weighted by molar-refractivity contribution is 7.92. The van der Waals surface area contributed by atoms with Crippen LogP contribution in [-0.2, 0) is 16.4 Å². The normalized spacial score (nSPS) is 13.1. The quantitative estimate of drug-likeness (QED) is 0.699. The number of carbonyl (C=O) groups excluding carboxylic acids is 1. The molecule has 0 atom stereocenters. The lowest BCUT2D eigenvalue weighted by Gasteiger charge is -2.19. The zero-order valence-corrected chi connectivity index (χ0v) is 16.6. The third-order valence-electron chi connectivity index (χ3n) is 4.88. The van der Waals surface area contributed by atoms with Gasteiger partial charge < -0.3 is 10.1 Å². The molecule has 6 nitrogen and oxygen atoms in total. The highest BCUT2D eigenvalue weighted by Crippen LogP contribution is 2.34. The summed E-state index contributed by atoms with van der Waals surface area (Å²) in [6, 6.07) is 20.6. The number of fused-ring (bicyclic) bond motifs is 1. The molecule has 1 aliphatic rings. The predicted octanol–water partition coefficient (Wildman–Crippen LogP) is 3.70. The second-order valence-corrected chi connectivity index (χ2v) is 8.50. The standard InChI is InChI=1S/C22H20N2O4S/c1-28-21-10-6-5-9-19(21)23-22(25)17-11-12-20-16(15-17)13-14-24(20)29(26,27)18-7-3-2-4-8-18/h2-12,15H,13-14H2,1H3,(H,23,25). The van der Waals surface area contributed by atoms with Crippen LogP contribution in [0.25, 0.3) is 0 Å². The first-order valence-corrected chi connectivity index (χ1v) is 10.6. The van der Waals surface area contributed by atoms with Gasteiger partial charge in [0, 0.05) is 12.1 Å². The number of methoxy groups -OCH3 is 1. The van der Waals surface area contributed by atoms with Crippen LogP contribution in [0.5, 0.6) is 5.75 Å². The number of nitrogens with zero attached hydrogens (tertiary/aromatic N) is 1. The Morgan fingerprint density at radius 2 is 1.72 bits per heavy atom. The van der Waals surface area contributed by atoms with Gasteiger partial charge in [0.25, 0.3) is 15.9 Å². The largest absolute Gasteiger partial charge is 0.495 e. The Kier molecular flexibility index (Phi) is 4.98. The zero-order chi connectivity index (χ0) is 20.4. The molecule has 0 aromatic heterocycles. The van der Waals surface area contributed by atoms with Crippen molar-refractivity contribution < 1.29 is 17.9 Å². The van der Waals surface area contributed by atoms with E-state index in [9.17, 15) is 13.2 Å². The molecule has 0 saturated carbocycles. The minimum Gasteiger partial charge on any atom is -0.495 e. The van der Waals surface area contributed by atoms with E-state index in [0.29, 0.717) is 35.7 Å². The number of hydrogen-bond acceptors (Lipinski definition) is 4. The van der Waals surface area contributed by atoms with Gasteiger partial charge in [-0.1, -0.05) is 30.3 Å². The molecule has 0 spiro atoms. The molecule has 1 aliphatic heterocycles. The van der Waals surface area contributed by atoms with E-state index in [1.54, 1.807) is 67.8 Å². The number of nitrogens with one attached hydrogen (secondary N) is 1. The van der Waals surface area contributed by atoms with Gasteiger partial charge in [-0.2, -0.15) is 0 Å². The van der Waals surface area contributed by atoms with Crippen LogP contribution in [0.2, 0.25) is 0 Å². The summed E-state index contributed by atoms with van der Waals surface area (Å²) in [5.41, 5.74) is 2.49. The average Bonchev–Trinajstić information content (AvgIpc) is 3.19. The van der Waals surface area contributed by atoms with Crippen LogP contribution >= 0.6 is 0 Å². The van der Waals surface area contributed by atoms with Crippen LogP contribution in [-0.4, -0.2) is 28.0 Å². The number of benzene rings is 3. The summed E-state index contributed by atoms with van der Waals surface area (Å²) >= 11 is 0. The lowest BCUT2D eigenvalue weighted by atomic mass is 10.1. The number of sulfonamides is 1. The zero-order valence-electron chi connectivity index (χ0n) is 15.8. The van der Waals surface area contributed by atoms with Crippen molar-refractivity contribution in [2.75, 3.05) is 23.3 Å². The van der Waals surface area contributed by atoms with Crippen molar-refractivity contribution in [3.63, 3.8) is 0 Å². The molecule has 0 aliphatic carbocycles. The number of rotatable bonds is 5. The van der Waals surface area contributed by atoms with E-state index in [4.69, 9.17) is 4.74 Å². The van der Waals surface area contributed by atoms with Crippen LogP contribution in [0.4, 0.5) is 11.4 Å². The summed E-state index contributed by atoms with van der Waals surface area (Å²) in [7, 11) is -2.08. The van der Waals surface area contributed by atoms with Gasteiger partial charge in [-0.05, 0) is 54.4 Å². The van der Waals surface area contributed by atoms with Gasteiger partial charge in [0.2, 0.25) is 0 Å². The third kappa shape index (κ3) is 3.56. The maximum Gasteiger partial charge on any atom is 0.264 e. The first-order chi connectivity index (χ1) is 14.0. The van der Waals surface area contributed by atoms with Gasteiger partial charge in [-0.3, -0.25) is 9.10 Å². The molecule has 0 radical (unpaired) electrons. The molecule has 148 valence electrons. The molecule has 0 unspecified atom stereocenters. The van der Waals surface area contributed by atoms with Crippen molar-refractivity contribution in [1.29, 1.82) is 0 Å². The summed E-state index contributed by atoms with van der Waals surface area (Å²) in [5.74, 6) is 0.295. The van der Waals surface area contributed by atoms with Crippen molar-refractivity contribution in [2.24, 2.45) is 0 Å². The van der Waals surface area contributed by atoms with Crippen LogP contribution in [0, 0.1) is 0 Å². The third-order valence-corrected chi connectivity index (χ3v) is 6.71. The summed E-state index contributed by atoms with van der Waals surface area (Å²) in [6.45, 7) is 0.351. The number of ether oxygens (including phenoxy) is 1. The lowest BCUT2D eigenvalue weighted by Crippen LogP contribution is -2.29. The van der Waals surface area contributed by atoms with Gasteiger partial charge in [0.15, 0.2) is 0 Å². The molecule has 1 amide bonds. The van der Waals surface area contributed by atoms with Crippen LogP contribution in [0.15, 0.2) is 77.7 Å². The van der Waals surface area contributed by atoms with Crippen LogP contribution in [0.3, 0.4) is 0 Å². The molecule has 3 aromatic carbocycles. The molecular weight excluding hydrogens is 388 g/mol. The molecular formula is C22H20N2O4S. The Bertz CT molecular complexity index is 1160. The average molecular weight is 408 g/mol. The maximum atomic E-state index is 13.0. The van der Waals surface area contributed by atoms with E-state index in [2.05, 4.69) is 5.32 Å². The Hall–Kier alpha value is -3.32. The summed E-state index contributed by atoms with van der Waals surface area (Å²) in [5, 5.41) is 2.84. The monoisotopic (exact) mass is 408 g/mol. The number of anilines is 2. The molecule has 1 heterocycles. The molecule has 1 N–H and O–H groups in total. The molecule has 0 saturated heterocycles. The fourth-order valence-electron chi connectivity index (χ4n) is 3.42. The van der Waals surface area contributed by atoms with Gasteiger partial charge in [-0.15, -0.1) is 0 Å². The minimum absolute atomic E-state index is 0.255. The summed E-state index contributed by atoms with van der Waals surface area (Å²) in [6.07, 6.45) is 0.553. The van der Waals surface area contributed by atoms with E-state index in [1.165, 1.54) is 4.31 Å². The number of hydrogen-bond donors (Lipinski definition) is 1. The van der Waals surface area contributed by atoms with E-state index < -0.39 is 10.0 Å². The van der Waals surface area contributed by atoms with Crippen molar-refractivity contribution in [2.45, 2.75) is 11.3 Å². The fourth-order valence-corrected chi connectivity index (χ4v) is 4.95. The SMILES string of the molecule is COc1ccccc1NC(=O)c1ccc2c(c1)CCN2S(=O)(=O)c1ccccc1. The Morgan fingerprint density at radius 3 is 2.48 bits per heavy atom. The van der Waals surface area contributed by atoms with E-state index in [1.807, 2.05) is 12.1 Å². The van der Waals surface area contributed by atoms with Gasteiger partial charge in [0.1, 0.15) is 5.75 Å². The van der Waals surface area contributed by atoms with Gasteiger partial charge in [0.05, 0.1) is 23.4 Å². The molecule has 7 heteroatoms. The van der Waals surface area contributed by atoms with Crippen LogP contribution in [0.1, 0.15) is 15.9 Å². The number of carbonyl (C=O) groups is 1. The van der Waals surface area contributed by atoms with Crippen molar-refractivity contribution in [3.05, 3.63) is 83.9 Å². The van der Waals surface area contributed by atoms with Crippen molar-refractivity contribution in [1.82, 2.24) is 0 Å². The summed E-state index contributed by atoms with van der Waals surface area (Å²) in [4.78, 5) is 12.9. The molecule has 0 fully saturated rings. The Morgan fingerprint density at radius 1 is 1.00 bits per heavy atom. The fraction of sp³-hybridized carbons (Fsp3) is 0.136. The minimum atomic E-state index is -3.63. The maximum absolute atomic E-state index is 13.0. The first kappa shape index (κ1) is 19.0. The molecule has 29 heavy (non-hydrogen) atoms. The predicted molar refractivity (Wildman–Crippen MR) is 112 cm³/mol.